The maximum Gasteiger partial charge on any atom is 0.340 e. The number of amidine groups is 1. The minimum Gasteiger partial charge on any atom is -0.496 e. The van der Waals surface area contributed by atoms with Crippen molar-refractivity contribution in [1.29, 1.82) is 5.41 Å². The second-order valence-electron chi connectivity index (χ2n) is 7.91. The van der Waals surface area contributed by atoms with Crippen LogP contribution in [-0.4, -0.2) is 38.7 Å². The summed E-state index contributed by atoms with van der Waals surface area (Å²) in [6.45, 7) is -0.192. The second-order valence-corrected chi connectivity index (χ2v) is 7.91. The smallest absolute Gasteiger partial charge is 0.340 e. The maximum atomic E-state index is 13.5. The normalized spacial score (nSPS) is 10.6. The predicted octanol–water partition coefficient (Wildman–Crippen LogP) is 4.81. The van der Waals surface area contributed by atoms with Gasteiger partial charge in [0.1, 0.15) is 11.6 Å². The molecular weight excluding hydrogens is 458 g/mol. The van der Waals surface area contributed by atoms with E-state index >= 15 is 0 Å². The highest BCUT2D eigenvalue weighted by molar-refractivity contribution is 6.13. The van der Waals surface area contributed by atoms with Crippen LogP contribution in [0.3, 0.4) is 0 Å². The standard InChI is InChI=1S/C28H25N3O5/c1-34-16-36-28(33)21-8-4-3-7-20(21)23-15-22-18(6-5-9-25(22)35-2)14-24(23)27(32)31-19-12-10-17(11-13-19)26(29)30/h3-15H,16H2,1-2H3,(H3,29,30)(H,31,32). The van der Waals surface area contributed by atoms with E-state index in [1.165, 1.54) is 7.11 Å². The van der Waals surface area contributed by atoms with E-state index in [0.29, 0.717) is 39.3 Å². The third kappa shape index (κ3) is 5.03. The number of ether oxygens (including phenoxy) is 3. The fourth-order valence-corrected chi connectivity index (χ4v) is 3.90. The molecule has 1 amide bonds. The van der Waals surface area contributed by atoms with Gasteiger partial charge in [-0.1, -0.05) is 30.3 Å². The second kappa shape index (κ2) is 10.7. The Morgan fingerprint density at radius 3 is 2.33 bits per heavy atom. The van der Waals surface area contributed by atoms with Crippen LogP contribution in [0.4, 0.5) is 5.69 Å². The molecule has 0 atom stereocenters. The molecule has 0 saturated carbocycles. The van der Waals surface area contributed by atoms with Crippen LogP contribution in [-0.2, 0) is 9.47 Å². The van der Waals surface area contributed by atoms with E-state index in [1.54, 1.807) is 61.7 Å². The van der Waals surface area contributed by atoms with Crippen molar-refractivity contribution in [2.75, 3.05) is 26.3 Å². The third-order valence-electron chi connectivity index (χ3n) is 5.64. The number of carbonyl (C=O) groups excluding carboxylic acids is 2. The molecule has 36 heavy (non-hydrogen) atoms. The molecule has 4 N–H and O–H groups in total. The number of esters is 1. The number of amides is 1. The lowest BCUT2D eigenvalue weighted by Crippen LogP contribution is -2.15. The largest absolute Gasteiger partial charge is 0.496 e. The van der Waals surface area contributed by atoms with Crippen LogP contribution in [0.1, 0.15) is 26.3 Å². The number of methoxy groups -OCH3 is 2. The van der Waals surface area contributed by atoms with E-state index in [2.05, 4.69) is 5.32 Å². The van der Waals surface area contributed by atoms with Crippen LogP contribution >= 0.6 is 0 Å². The summed E-state index contributed by atoms with van der Waals surface area (Å²) in [6, 6.07) is 22.8. The number of benzene rings is 4. The first-order valence-corrected chi connectivity index (χ1v) is 11.0. The van der Waals surface area contributed by atoms with Gasteiger partial charge in [-0.05, 0) is 65.0 Å². The Kier molecular flexibility index (Phi) is 7.27. The molecule has 4 aromatic carbocycles. The predicted molar refractivity (Wildman–Crippen MR) is 139 cm³/mol. The molecule has 0 radical (unpaired) electrons. The number of anilines is 1. The van der Waals surface area contributed by atoms with Crippen molar-refractivity contribution in [2.24, 2.45) is 5.73 Å². The lowest BCUT2D eigenvalue weighted by atomic mass is 9.91. The van der Waals surface area contributed by atoms with Crippen molar-refractivity contribution in [3.05, 3.63) is 95.6 Å². The molecule has 8 nitrogen and oxygen atoms in total. The monoisotopic (exact) mass is 483 g/mol. The first-order chi connectivity index (χ1) is 17.4. The summed E-state index contributed by atoms with van der Waals surface area (Å²) < 4.78 is 15.6. The highest BCUT2D eigenvalue weighted by atomic mass is 16.7. The molecule has 0 aliphatic rings. The van der Waals surface area contributed by atoms with Gasteiger partial charge in [0.15, 0.2) is 6.79 Å². The summed E-state index contributed by atoms with van der Waals surface area (Å²) in [5.74, 6) is -0.361. The fraction of sp³-hybridized carbons (Fsp3) is 0.107. The van der Waals surface area contributed by atoms with Gasteiger partial charge < -0.3 is 25.3 Å². The summed E-state index contributed by atoms with van der Waals surface area (Å²) in [4.78, 5) is 26.3. The van der Waals surface area contributed by atoms with Gasteiger partial charge in [0.2, 0.25) is 0 Å². The number of rotatable bonds is 8. The van der Waals surface area contributed by atoms with E-state index in [0.717, 1.165) is 10.8 Å². The van der Waals surface area contributed by atoms with Crippen molar-refractivity contribution >= 4 is 34.2 Å². The Balaban J connectivity index is 1.85. The molecule has 0 aromatic heterocycles. The van der Waals surface area contributed by atoms with E-state index < -0.39 is 5.97 Å². The molecule has 4 rings (SSSR count). The quantitative estimate of drug-likeness (QED) is 0.143. The maximum absolute atomic E-state index is 13.5. The van der Waals surface area contributed by atoms with Crippen LogP contribution in [0.15, 0.2) is 78.9 Å². The van der Waals surface area contributed by atoms with Crippen molar-refractivity contribution in [2.45, 2.75) is 0 Å². The van der Waals surface area contributed by atoms with Gasteiger partial charge >= 0.3 is 5.97 Å². The van der Waals surface area contributed by atoms with Gasteiger partial charge in [-0.15, -0.1) is 0 Å². The molecular formula is C28H25N3O5. The molecule has 0 unspecified atom stereocenters. The highest BCUT2D eigenvalue weighted by Crippen LogP contribution is 2.35. The lowest BCUT2D eigenvalue weighted by Gasteiger charge is -2.16. The van der Waals surface area contributed by atoms with Crippen LogP contribution in [0.5, 0.6) is 5.75 Å². The lowest BCUT2D eigenvalue weighted by molar-refractivity contribution is -0.0124. The van der Waals surface area contributed by atoms with E-state index in [1.807, 2.05) is 24.3 Å². The average molecular weight is 484 g/mol. The van der Waals surface area contributed by atoms with Crippen LogP contribution < -0.4 is 15.8 Å². The van der Waals surface area contributed by atoms with Crippen LogP contribution in [0.2, 0.25) is 0 Å². The molecule has 4 aromatic rings. The SMILES string of the molecule is COCOC(=O)c1ccccc1-c1cc2c(OC)cccc2cc1C(=O)Nc1ccc(C(=N)N)cc1. The summed E-state index contributed by atoms with van der Waals surface area (Å²) in [5.41, 5.74) is 8.34. The van der Waals surface area contributed by atoms with Crippen molar-refractivity contribution in [1.82, 2.24) is 0 Å². The summed E-state index contributed by atoms with van der Waals surface area (Å²) >= 11 is 0. The summed E-state index contributed by atoms with van der Waals surface area (Å²) in [6.07, 6.45) is 0. The number of hydrogen-bond acceptors (Lipinski definition) is 6. The molecule has 8 heteroatoms. The molecule has 0 saturated heterocycles. The Morgan fingerprint density at radius 1 is 0.889 bits per heavy atom. The van der Waals surface area contributed by atoms with Gasteiger partial charge in [0, 0.05) is 29.3 Å². The van der Waals surface area contributed by atoms with Crippen molar-refractivity contribution < 1.29 is 23.8 Å². The van der Waals surface area contributed by atoms with E-state index in [4.69, 9.17) is 25.4 Å². The van der Waals surface area contributed by atoms with Crippen LogP contribution in [0.25, 0.3) is 21.9 Å². The molecule has 0 aliphatic heterocycles. The van der Waals surface area contributed by atoms with Gasteiger partial charge in [0.25, 0.3) is 5.91 Å². The number of nitrogen functional groups attached to an aromatic ring is 1. The number of carbonyl (C=O) groups is 2. The van der Waals surface area contributed by atoms with Gasteiger partial charge in [0.05, 0.1) is 12.7 Å². The van der Waals surface area contributed by atoms with Gasteiger partial charge in [-0.25, -0.2) is 4.79 Å². The summed E-state index contributed by atoms with van der Waals surface area (Å²) in [5, 5.41) is 12.0. The van der Waals surface area contributed by atoms with Crippen molar-refractivity contribution in [3.8, 4) is 16.9 Å². The third-order valence-corrected chi connectivity index (χ3v) is 5.64. The van der Waals surface area contributed by atoms with Gasteiger partial charge in [-0.2, -0.15) is 0 Å². The molecule has 0 spiro atoms. The van der Waals surface area contributed by atoms with Gasteiger partial charge in [-0.3, -0.25) is 10.2 Å². The zero-order valence-corrected chi connectivity index (χ0v) is 19.8. The number of nitrogens with one attached hydrogen (secondary N) is 2. The number of hydrogen-bond donors (Lipinski definition) is 3. The molecule has 0 bridgehead atoms. The topological polar surface area (TPSA) is 124 Å². The van der Waals surface area contributed by atoms with E-state index in [-0.39, 0.29) is 18.5 Å². The molecule has 182 valence electrons. The Morgan fingerprint density at radius 2 is 1.64 bits per heavy atom. The van der Waals surface area contributed by atoms with E-state index in [9.17, 15) is 9.59 Å². The molecule has 0 aliphatic carbocycles. The first-order valence-electron chi connectivity index (χ1n) is 11.0. The highest BCUT2D eigenvalue weighted by Gasteiger charge is 2.21. The van der Waals surface area contributed by atoms with Crippen LogP contribution in [0, 0.1) is 5.41 Å². The average Bonchev–Trinajstić information content (AvgIpc) is 2.90. The number of nitrogens with two attached hydrogens (primary N) is 1. The molecule has 0 fully saturated rings. The zero-order chi connectivity index (χ0) is 25.7. The Bertz CT molecular complexity index is 1450. The Hall–Kier alpha value is -4.69. The number of fused-ring (bicyclic) bond motifs is 1. The minimum absolute atomic E-state index is 0.0596. The minimum atomic E-state index is -0.571. The first kappa shape index (κ1) is 24.4. The van der Waals surface area contributed by atoms with Crippen molar-refractivity contribution in [3.63, 3.8) is 0 Å². The fourth-order valence-electron chi connectivity index (χ4n) is 3.90. The zero-order valence-electron chi connectivity index (χ0n) is 19.8. The molecule has 0 heterocycles. The Labute approximate surface area is 208 Å². The summed E-state index contributed by atoms with van der Waals surface area (Å²) in [7, 11) is 3.01.